The van der Waals surface area contributed by atoms with Gasteiger partial charge in [-0.25, -0.2) is 0 Å². The van der Waals surface area contributed by atoms with E-state index in [1.807, 2.05) is 0 Å². The van der Waals surface area contributed by atoms with Crippen LogP contribution in [0.3, 0.4) is 0 Å². The molecule has 0 unspecified atom stereocenters. The lowest BCUT2D eigenvalue weighted by Gasteiger charge is -2.53. The molecule has 1 saturated heterocycles. The molecule has 0 radical (unpaired) electrons. The molecular weight excluding hydrogens is 364 g/mol. The minimum atomic E-state index is 0.145. The molecule has 2 bridgehead atoms. The Morgan fingerprint density at radius 2 is 1.60 bits per heavy atom. The van der Waals surface area contributed by atoms with Crippen LogP contribution in [0.15, 0.2) is 60.7 Å². The Hall–Kier alpha value is -2.08. The summed E-state index contributed by atoms with van der Waals surface area (Å²) in [5.41, 5.74) is 3.18. The van der Waals surface area contributed by atoms with Crippen molar-refractivity contribution in [2.45, 2.75) is 51.7 Å². The lowest BCUT2D eigenvalue weighted by Crippen LogP contribution is -2.63. The Bertz CT molecular complexity index is 954. The van der Waals surface area contributed by atoms with Gasteiger partial charge in [-0.15, -0.1) is 0 Å². The molecule has 3 fully saturated rings. The molecule has 0 amide bonds. The molecule has 2 aliphatic carbocycles. The van der Waals surface area contributed by atoms with Crippen molar-refractivity contribution in [2.75, 3.05) is 20.1 Å². The van der Waals surface area contributed by atoms with Gasteiger partial charge in [0.25, 0.3) is 0 Å². The first-order valence-corrected chi connectivity index (χ1v) is 11.5. The minimum absolute atomic E-state index is 0.145. The molecule has 2 heteroatoms. The molecular formula is C28H34N2. The van der Waals surface area contributed by atoms with Gasteiger partial charge >= 0.3 is 0 Å². The molecule has 1 aliphatic heterocycles. The Morgan fingerprint density at radius 1 is 0.933 bits per heavy atom. The monoisotopic (exact) mass is 398 g/mol. The molecule has 2 nitrogen and oxygen atoms in total. The third-order valence-electron chi connectivity index (χ3n) is 8.90. The SMILES string of the molecule is CN1CCN([C@H](C#Cc2ccccc2)c2ccccc2)[C@@H]2[C@H]3CC[C@@](C)([C@@H]21)C3(C)C. The first kappa shape index (κ1) is 19.9. The molecule has 0 aromatic heterocycles. The maximum absolute atomic E-state index is 3.71. The van der Waals surface area contributed by atoms with Crippen LogP contribution in [-0.2, 0) is 0 Å². The van der Waals surface area contributed by atoms with Crippen molar-refractivity contribution in [1.29, 1.82) is 0 Å². The molecule has 1 heterocycles. The van der Waals surface area contributed by atoms with Gasteiger partial charge in [-0.2, -0.15) is 0 Å². The quantitative estimate of drug-likeness (QED) is 0.640. The highest BCUT2D eigenvalue weighted by Crippen LogP contribution is 2.68. The fraction of sp³-hybridized carbons (Fsp3) is 0.500. The summed E-state index contributed by atoms with van der Waals surface area (Å²) < 4.78 is 0. The van der Waals surface area contributed by atoms with Crippen molar-refractivity contribution in [1.82, 2.24) is 9.80 Å². The van der Waals surface area contributed by atoms with Crippen LogP contribution < -0.4 is 0 Å². The van der Waals surface area contributed by atoms with E-state index in [0.717, 1.165) is 24.6 Å². The van der Waals surface area contributed by atoms with Crippen LogP contribution in [0, 0.1) is 28.6 Å². The highest BCUT2D eigenvalue weighted by atomic mass is 15.3. The molecule has 30 heavy (non-hydrogen) atoms. The van der Waals surface area contributed by atoms with E-state index >= 15 is 0 Å². The second-order valence-corrected chi connectivity index (χ2v) is 10.4. The van der Waals surface area contributed by atoms with Crippen molar-refractivity contribution in [3.05, 3.63) is 71.8 Å². The minimum Gasteiger partial charge on any atom is -0.300 e. The number of benzene rings is 2. The second-order valence-electron chi connectivity index (χ2n) is 10.4. The van der Waals surface area contributed by atoms with Crippen molar-refractivity contribution in [2.24, 2.45) is 16.7 Å². The highest BCUT2D eigenvalue weighted by molar-refractivity contribution is 5.38. The Balaban J connectivity index is 1.57. The summed E-state index contributed by atoms with van der Waals surface area (Å²) in [6.45, 7) is 9.83. The maximum Gasteiger partial charge on any atom is 0.0978 e. The molecule has 2 aromatic carbocycles. The van der Waals surface area contributed by atoms with Crippen molar-refractivity contribution >= 4 is 0 Å². The summed E-state index contributed by atoms with van der Waals surface area (Å²) in [6.07, 6.45) is 2.71. The molecule has 0 spiro atoms. The van der Waals surface area contributed by atoms with Gasteiger partial charge in [-0.05, 0) is 54.3 Å². The standard InChI is InChI=1S/C28H34N2/c1-27(2)23-17-18-28(27,3)26-25(23)30(20-19-29(26)4)24(22-13-9-6-10-14-22)16-15-21-11-7-5-8-12-21/h5-14,23-26H,17-20H2,1-4H3/t23-,24-,25-,26-,28+/m1/s1. The lowest BCUT2D eigenvalue weighted by molar-refractivity contribution is -0.0347. The number of hydrogen-bond acceptors (Lipinski definition) is 2. The first-order valence-electron chi connectivity index (χ1n) is 11.5. The number of nitrogens with zero attached hydrogens (tertiary/aromatic N) is 2. The van der Waals surface area contributed by atoms with E-state index in [2.05, 4.69) is 110 Å². The van der Waals surface area contributed by atoms with Gasteiger partial charge in [0.15, 0.2) is 0 Å². The third kappa shape index (κ3) is 2.87. The average molecular weight is 399 g/mol. The Morgan fingerprint density at radius 3 is 2.30 bits per heavy atom. The van der Waals surface area contributed by atoms with E-state index in [1.165, 1.54) is 18.4 Å². The highest BCUT2D eigenvalue weighted by Gasteiger charge is 2.69. The van der Waals surface area contributed by atoms with Crippen molar-refractivity contribution in [3.8, 4) is 11.8 Å². The molecule has 0 N–H and O–H groups in total. The third-order valence-corrected chi connectivity index (χ3v) is 8.90. The van der Waals surface area contributed by atoms with E-state index in [9.17, 15) is 0 Å². The lowest BCUT2D eigenvalue weighted by atomic mass is 9.68. The van der Waals surface area contributed by atoms with Gasteiger partial charge in [0.2, 0.25) is 0 Å². The zero-order valence-corrected chi connectivity index (χ0v) is 18.8. The Labute approximate surface area is 182 Å². The number of likely N-dealkylation sites (N-methyl/N-ethyl adjacent to an activating group) is 1. The van der Waals surface area contributed by atoms with Gasteiger partial charge in [0.1, 0.15) is 0 Å². The number of fused-ring (bicyclic) bond motifs is 5. The van der Waals surface area contributed by atoms with Gasteiger partial charge in [0, 0.05) is 30.7 Å². The fourth-order valence-corrected chi connectivity index (χ4v) is 6.97. The van der Waals surface area contributed by atoms with Crippen LogP contribution in [0.25, 0.3) is 0 Å². The summed E-state index contributed by atoms with van der Waals surface area (Å²) in [4.78, 5) is 5.43. The maximum atomic E-state index is 3.71. The van der Waals surface area contributed by atoms with E-state index in [4.69, 9.17) is 0 Å². The van der Waals surface area contributed by atoms with Crippen molar-refractivity contribution < 1.29 is 0 Å². The average Bonchev–Trinajstić information content (AvgIpc) is 3.09. The smallest absolute Gasteiger partial charge is 0.0978 e. The second kappa shape index (κ2) is 7.26. The molecule has 2 saturated carbocycles. The van der Waals surface area contributed by atoms with Gasteiger partial charge in [0.05, 0.1) is 6.04 Å². The number of rotatable bonds is 2. The summed E-state index contributed by atoms with van der Waals surface area (Å²) in [7, 11) is 2.35. The summed E-state index contributed by atoms with van der Waals surface area (Å²) in [6, 6.07) is 22.7. The van der Waals surface area contributed by atoms with Gasteiger partial charge in [-0.1, -0.05) is 81.1 Å². The van der Waals surface area contributed by atoms with Crippen LogP contribution in [0.1, 0.15) is 50.8 Å². The molecule has 156 valence electrons. The molecule has 5 rings (SSSR count). The number of piperazine rings is 1. The first-order chi connectivity index (χ1) is 14.4. The van der Waals surface area contributed by atoms with Crippen LogP contribution >= 0.6 is 0 Å². The summed E-state index contributed by atoms with van der Waals surface area (Å²) >= 11 is 0. The molecule has 2 aromatic rings. The van der Waals surface area contributed by atoms with Crippen molar-refractivity contribution in [3.63, 3.8) is 0 Å². The zero-order chi connectivity index (χ0) is 20.9. The van der Waals surface area contributed by atoms with Crippen LogP contribution in [-0.4, -0.2) is 42.0 Å². The van der Waals surface area contributed by atoms with E-state index in [1.54, 1.807) is 0 Å². The molecule has 3 aliphatic rings. The zero-order valence-electron chi connectivity index (χ0n) is 18.8. The topological polar surface area (TPSA) is 6.48 Å². The summed E-state index contributed by atoms with van der Waals surface area (Å²) in [5.74, 6) is 7.94. The van der Waals surface area contributed by atoms with E-state index < -0.39 is 0 Å². The summed E-state index contributed by atoms with van der Waals surface area (Å²) in [5, 5.41) is 0. The van der Waals surface area contributed by atoms with Gasteiger partial charge < -0.3 is 4.90 Å². The normalized spacial score (nSPS) is 33.5. The van der Waals surface area contributed by atoms with Crippen LogP contribution in [0.5, 0.6) is 0 Å². The Kier molecular flexibility index (Phi) is 4.80. The van der Waals surface area contributed by atoms with Crippen LogP contribution in [0.4, 0.5) is 0 Å². The largest absolute Gasteiger partial charge is 0.300 e. The van der Waals surface area contributed by atoms with Gasteiger partial charge in [-0.3, -0.25) is 4.90 Å². The fourth-order valence-electron chi connectivity index (χ4n) is 6.97. The predicted octanol–water partition coefficient (Wildman–Crippen LogP) is 5.22. The number of hydrogen-bond donors (Lipinski definition) is 0. The van der Waals surface area contributed by atoms with Crippen LogP contribution in [0.2, 0.25) is 0 Å². The predicted molar refractivity (Wildman–Crippen MR) is 124 cm³/mol. The van der Waals surface area contributed by atoms with E-state index in [-0.39, 0.29) is 6.04 Å². The molecule has 5 atom stereocenters. The van der Waals surface area contributed by atoms with E-state index in [0.29, 0.717) is 22.9 Å².